The Morgan fingerprint density at radius 1 is 1.32 bits per heavy atom. The molecule has 0 spiro atoms. The fourth-order valence-corrected chi connectivity index (χ4v) is 1.97. The van der Waals surface area contributed by atoms with Crippen LogP contribution < -0.4 is 10.1 Å². The first kappa shape index (κ1) is 13.9. The van der Waals surface area contributed by atoms with E-state index in [1.54, 1.807) is 0 Å². The molecule has 3 nitrogen and oxygen atoms in total. The van der Waals surface area contributed by atoms with Crippen molar-refractivity contribution in [2.45, 2.75) is 39.7 Å². The highest BCUT2D eigenvalue weighted by Crippen LogP contribution is 2.26. The van der Waals surface area contributed by atoms with Crippen LogP contribution in [0.5, 0.6) is 5.75 Å². The number of rotatable bonds is 6. The van der Waals surface area contributed by atoms with Gasteiger partial charge in [0.05, 0.1) is 6.61 Å². The number of hydrogen-bond acceptors (Lipinski definition) is 2. The summed E-state index contributed by atoms with van der Waals surface area (Å²) in [5.74, 6) is 1.88. The Kier molecular flexibility index (Phi) is 4.83. The molecular weight excluding hydrogens is 238 g/mol. The second-order valence-corrected chi connectivity index (χ2v) is 5.69. The van der Waals surface area contributed by atoms with Gasteiger partial charge in [0.15, 0.2) is 0 Å². The summed E-state index contributed by atoms with van der Waals surface area (Å²) >= 11 is 0. The van der Waals surface area contributed by atoms with Gasteiger partial charge in [-0.05, 0) is 36.5 Å². The van der Waals surface area contributed by atoms with Gasteiger partial charge in [0, 0.05) is 12.5 Å². The third-order valence-corrected chi connectivity index (χ3v) is 3.45. The third kappa shape index (κ3) is 4.27. The molecule has 1 amide bonds. The van der Waals surface area contributed by atoms with Gasteiger partial charge in [0.2, 0.25) is 5.91 Å². The maximum Gasteiger partial charge on any atom is 0.223 e. The van der Waals surface area contributed by atoms with Crippen molar-refractivity contribution in [3.63, 3.8) is 0 Å². The summed E-state index contributed by atoms with van der Waals surface area (Å²) in [6.45, 7) is 5.60. The average molecular weight is 261 g/mol. The Balaban J connectivity index is 1.76. The Bertz CT molecular complexity index is 407. The van der Waals surface area contributed by atoms with Crippen molar-refractivity contribution in [1.29, 1.82) is 0 Å². The van der Waals surface area contributed by atoms with E-state index in [0.29, 0.717) is 12.5 Å². The summed E-state index contributed by atoms with van der Waals surface area (Å²) in [7, 11) is 0. The molecule has 1 fully saturated rings. The van der Waals surface area contributed by atoms with Crippen LogP contribution in [0.25, 0.3) is 0 Å². The van der Waals surface area contributed by atoms with Crippen LogP contribution in [-0.4, -0.2) is 12.5 Å². The Hall–Kier alpha value is -1.51. The lowest BCUT2D eigenvalue weighted by atomic mass is 9.85. The summed E-state index contributed by atoms with van der Waals surface area (Å²) in [5.41, 5.74) is 1.12. The molecule has 3 heteroatoms. The van der Waals surface area contributed by atoms with E-state index in [1.807, 2.05) is 24.3 Å². The predicted molar refractivity (Wildman–Crippen MR) is 76.0 cm³/mol. The molecule has 1 saturated carbocycles. The molecule has 1 aromatic rings. The minimum absolute atomic E-state index is 0.200. The van der Waals surface area contributed by atoms with Crippen molar-refractivity contribution in [3.8, 4) is 5.75 Å². The normalized spacial score (nSPS) is 15.1. The van der Waals surface area contributed by atoms with E-state index in [0.717, 1.165) is 30.8 Å². The topological polar surface area (TPSA) is 38.3 Å². The largest absolute Gasteiger partial charge is 0.493 e. The molecule has 1 aliphatic carbocycles. The summed E-state index contributed by atoms with van der Waals surface area (Å²) in [6, 6.07) is 7.95. The molecule has 0 aliphatic heterocycles. The van der Waals surface area contributed by atoms with Gasteiger partial charge in [0.25, 0.3) is 0 Å². The molecule has 0 unspecified atom stereocenters. The van der Waals surface area contributed by atoms with Gasteiger partial charge in [-0.2, -0.15) is 0 Å². The van der Waals surface area contributed by atoms with E-state index in [-0.39, 0.29) is 11.8 Å². The van der Waals surface area contributed by atoms with Crippen LogP contribution in [0.2, 0.25) is 0 Å². The van der Waals surface area contributed by atoms with E-state index in [1.165, 1.54) is 6.42 Å². The fourth-order valence-electron chi connectivity index (χ4n) is 1.97. The van der Waals surface area contributed by atoms with Crippen LogP contribution in [0.3, 0.4) is 0 Å². The van der Waals surface area contributed by atoms with Crippen molar-refractivity contribution in [1.82, 2.24) is 5.32 Å². The molecule has 19 heavy (non-hydrogen) atoms. The number of hydrogen-bond donors (Lipinski definition) is 1. The number of carbonyl (C=O) groups excluding carboxylic acids is 1. The summed E-state index contributed by atoms with van der Waals surface area (Å²) < 4.78 is 5.63. The van der Waals surface area contributed by atoms with E-state index in [2.05, 4.69) is 19.2 Å². The number of carbonyl (C=O) groups is 1. The standard InChI is InChI=1S/C16H23NO2/c1-12(2)11-19-15-8-6-13(7-9-15)10-17-16(18)14-4-3-5-14/h6-9,12,14H,3-5,10-11H2,1-2H3,(H,17,18). The molecule has 0 aromatic heterocycles. The first-order chi connectivity index (χ1) is 9.15. The first-order valence-electron chi connectivity index (χ1n) is 7.14. The van der Waals surface area contributed by atoms with Crippen molar-refractivity contribution in [2.24, 2.45) is 11.8 Å². The monoisotopic (exact) mass is 261 g/mol. The van der Waals surface area contributed by atoms with Crippen LogP contribution >= 0.6 is 0 Å². The minimum atomic E-state index is 0.200. The van der Waals surface area contributed by atoms with E-state index in [4.69, 9.17) is 4.74 Å². The van der Waals surface area contributed by atoms with Gasteiger partial charge in [-0.15, -0.1) is 0 Å². The maximum atomic E-state index is 11.7. The Morgan fingerprint density at radius 3 is 2.53 bits per heavy atom. The lowest BCUT2D eigenvalue weighted by molar-refractivity contribution is -0.127. The highest BCUT2D eigenvalue weighted by molar-refractivity contribution is 5.79. The highest BCUT2D eigenvalue weighted by Gasteiger charge is 2.24. The molecule has 0 saturated heterocycles. The second kappa shape index (κ2) is 6.60. The van der Waals surface area contributed by atoms with Gasteiger partial charge < -0.3 is 10.1 Å². The highest BCUT2D eigenvalue weighted by atomic mass is 16.5. The predicted octanol–water partition coefficient (Wildman–Crippen LogP) is 3.14. The van der Waals surface area contributed by atoms with Crippen molar-refractivity contribution in [2.75, 3.05) is 6.61 Å². The molecule has 0 heterocycles. The van der Waals surface area contributed by atoms with Gasteiger partial charge in [0.1, 0.15) is 5.75 Å². The zero-order valence-corrected chi connectivity index (χ0v) is 11.8. The summed E-state index contributed by atoms with van der Waals surface area (Å²) in [6.07, 6.45) is 3.29. The molecular formula is C16H23NO2. The maximum absolute atomic E-state index is 11.7. The van der Waals surface area contributed by atoms with Crippen LogP contribution in [0, 0.1) is 11.8 Å². The molecule has 0 atom stereocenters. The van der Waals surface area contributed by atoms with Gasteiger partial charge >= 0.3 is 0 Å². The molecule has 0 bridgehead atoms. The third-order valence-electron chi connectivity index (χ3n) is 3.45. The Morgan fingerprint density at radius 2 is 2.00 bits per heavy atom. The number of benzene rings is 1. The van der Waals surface area contributed by atoms with Gasteiger partial charge in [-0.25, -0.2) is 0 Å². The smallest absolute Gasteiger partial charge is 0.223 e. The SMILES string of the molecule is CC(C)COc1ccc(CNC(=O)C2CCC2)cc1. The lowest BCUT2D eigenvalue weighted by Gasteiger charge is -2.24. The van der Waals surface area contributed by atoms with E-state index in [9.17, 15) is 4.79 Å². The zero-order valence-electron chi connectivity index (χ0n) is 11.8. The zero-order chi connectivity index (χ0) is 13.7. The summed E-state index contributed by atoms with van der Waals surface area (Å²) in [4.78, 5) is 11.7. The number of ether oxygens (including phenoxy) is 1. The van der Waals surface area contributed by atoms with Crippen LogP contribution in [-0.2, 0) is 11.3 Å². The average Bonchev–Trinajstić information content (AvgIpc) is 2.33. The van der Waals surface area contributed by atoms with Crippen molar-refractivity contribution in [3.05, 3.63) is 29.8 Å². The van der Waals surface area contributed by atoms with E-state index >= 15 is 0 Å². The fraction of sp³-hybridized carbons (Fsp3) is 0.562. The van der Waals surface area contributed by atoms with E-state index < -0.39 is 0 Å². The van der Waals surface area contributed by atoms with Gasteiger partial charge in [-0.3, -0.25) is 4.79 Å². The molecule has 1 N–H and O–H groups in total. The second-order valence-electron chi connectivity index (χ2n) is 5.69. The van der Waals surface area contributed by atoms with Crippen LogP contribution in [0.4, 0.5) is 0 Å². The molecule has 104 valence electrons. The quantitative estimate of drug-likeness (QED) is 0.854. The summed E-state index contributed by atoms with van der Waals surface area (Å²) in [5, 5.41) is 2.99. The van der Waals surface area contributed by atoms with Gasteiger partial charge in [-0.1, -0.05) is 32.4 Å². The first-order valence-corrected chi connectivity index (χ1v) is 7.14. The Labute approximate surface area is 115 Å². The number of nitrogens with one attached hydrogen (secondary N) is 1. The van der Waals surface area contributed by atoms with Crippen LogP contribution in [0.15, 0.2) is 24.3 Å². The molecule has 1 aliphatic rings. The molecule has 1 aromatic carbocycles. The van der Waals surface area contributed by atoms with Crippen molar-refractivity contribution >= 4 is 5.91 Å². The lowest BCUT2D eigenvalue weighted by Crippen LogP contribution is -2.33. The molecule has 0 radical (unpaired) electrons. The number of amides is 1. The minimum Gasteiger partial charge on any atom is -0.493 e. The van der Waals surface area contributed by atoms with Crippen LogP contribution in [0.1, 0.15) is 38.7 Å². The molecule has 2 rings (SSSR count). The van der Waals surface area contributed by atoms with Crippen molar-refractivity contribution < 1.29 is 9.53 Å².